The molecule has 1 saturated heterocycles. The van der Waals surface area contributed by atoms with Crippen LogP contribution in [-0.4, -0.2) is 27.0 Å². The molecule has 1 N–H and O–H groups in total. The van der Waals surface area contributed by atoms with E-state index in [0.717, 1.165) is 32.4 Å². The first-order valence-corrected chi connectivity index (χ1v) is 9.98. The molecular formula is C24H20N4O3. The highest BCUT2D eigenvalue weighted by atomic mass is 16.5. The van der Waals surface area contributed by atoms with Crippen molar-refractivity contribution in [3.8, 4) is 11.4 Å². The molecule has 5 rings (SSSR count). The number of nitrogens with one attached hydrogen (secondary N) is 1. The van der Waals surface area contributed by atoms with Gasteiger partial charge >= 0.3 is 6.03 Å². The zero-order valence-corrected chi connectivity index (χ0v) is 17.1. The standard InChI is InChI=1S/C24H20N4O3/c1-15-10-12-17(13-11-15)21-25-20(31-27-21)14-28-22(29)24(2,26-23(28)30)19-9-5-7-16-6-3-4-8-18(16)19/h3-13H,14H2,1-2H3,(H,26,30)/t24-/m0/s1. The van der Waals surface area contributed by atoms with Gasteiger partial charge in [-0.15, -0.1) is 0 Å². The summed E-state index contributed by atoms with van der Waals surface area (Å²) < 4.78 is 5.32. The fourth-order valence-corrected chi connectivity index (χ4v) is 3.96. The van der Waals surface area contributed by atoms with E-state index in [-0.39, 0.29) is 18.3 Å². The summed E-state index contributed by atoms with van der Waals surface area (Å²) in [5.41, 5.74) is 1.49. The molecule has 7 nitrogen and oxygen atoms in total. The van der Waals surface area contributed by atoms with Crippen molar-refractivity contribution < 1.29 is 14.1 Å². The Hall–Kier alpha value is -4.00. The van der Waals surface area contributed by atoms with Crippen molar-refractivity contribution in [2.45, 2.75) is 25.9 Å². The Labute approximate surface area is 178 Å². The van der Waals surface area contributed by atoms with E-state index in [1.165, 1.54) is 0 Å². The number of carbonyl (C=O) groups excluding carboxylic acids is 2. The number of nitrogens with zero attached hydrogens (tertiary/aromatic N) is 3. The molecular weight excluding hydrogens is 392 g/mol. The van der Waals surface area contributed by atoms with Crippen LogP contribution in [0.15, 0.2) is 71.3 Å². The van der Waals surface area contributed by atoms with Gasteiger partial charge in [-0.3, -0.25) is 9.69 Å². The molecule has 1 aliphatic rings. The van der Waals surface area contributed by atoms with Gasteiger partial charge in [-0.25, -0.2) is 4.79 Å². The summed E-state index contributed by atoms with van der Waals surface area (Å²) in [5.74, 6) is 0.254. The van der Waals surface area contributed by atoms with E-state index in [9.17, 15) is 9.59 Å². The minimum Gasteiger partial charge on any atom is -0.337 e. The molecule has 0 unspecified atom stereocenters. The van der Waals surface area contributed by atoms with Gasteiger partial charge in [0.05, 0.1) is 0 Å². The molecule has 2 heterocycles. The topological polar surface area (TPSA) is 88.3 Å². The first-order valence-electron chi connectivity index (χ1n) is 9.98. The molecule has 1 atom stereocenters. The second-order valence-electron chi connectivity index (χ2n) is 7.85. The van der Waals surface area contributed by atoms with Crippen LogP contribution < -0.4 is 5.32 Å². The average Bonchev–Trinajstić information content (AvgIpc) is 3.33. The Morgan fingerprint density at radius 1 is 1.00 bits per heavy atom. The Morgan fingerprint density at radius 2 is 1.74 bits per heavy atom. The Bertz CT molecular complexity index is 1310. The summed E-state index contributed by atoms with van der Waals surface area (Å²) in [4.78, 5) is 31.6. The van der Waals surface area contributed by atoms with Gasteiger partial charge in [-0.05, 0) is 30.2 Å². The molecule has 1 fully saturated rings. The van der Waals surface area contributed by atoms with E-state index in [0.29, 0.717) is 5.82 Å². The minimum absolute atomic E-state index is 0.0934. The molecule has 154 valence electrons. The van der Waals surface area contributed by atoms with Crippen LogP contribution >= 0.6 is 0 Å². The lowest BCUT2D eigenvalue weighted by atomic mass is 9.88. The largest absolute Gasteiger partial charge is 0.337 e. The van der Waals surface area contributed by atoms with Gasteiger partial charge in [0.25, 0.3) is 5.91 Å². The van der Waals surface area contributed by atoms with Crippen molar-refractivity contribution in [3.05, 3.63) is 83.7 Å². The third-order valence-corrected chi connectivity index (χ3v) is 5.67. The SMILES string of the molecule is Cc1ccc(-c2noc(CN3C(=O)N[C@@](C)(c4cccc5ccccc45)C3=O)n2)cc1. The summed E-state index contributed by atoms with van der Waals surface area (Å²) in [6, 6.07) is 20.7. The third-order valence-electron chi connectivity index (χ3n) is 5.67. The number of rotatable bonds is 4. The highest BCUT2D eigenvalue weighted by molar-refractivity contribution is 6.09. The average molecular weight is 412 g/mol. The van der Waals surface area contributed by atoms with E-state index in [1.54, 1.807) is 6.92 Å². The summed E-state index contributed by atoms with van der Waals surface area (Å²) >= 11 is 0. The molecule has 3 amide bonds. The zero-order valence-electron chi connectivity index (χ0n) is 17.1. The molecule has 1 aromatic heterocycles. The van der Waals surface area contributed by atoms with Crippen molar-refractivity contribution in [2.24, 2.45) is 0 Å². The molecule has 0 aliphatic carbocycles. The van der Waals surface area contributed by atoms with Gasteiger partial charge in [0.15, 0.2) is 0 Å². The number of fused-ring (bicyclic) bond motifs is 1. The van der Waals surface area contributed by atoms with E-state index in [2.05, 4.69) is 15.5 Å². The van der Waals surface area contributed by atoms with Gasteiger partial charge in [-0.1, -0.05) is 77.5 Å². The highest BCUT2D eigenvalue weighted by Gasteiger charge is 2.50. The van der Waals surface area contributed by atoms with Crippen LogP contribution in [0.3, 0.4) is 0 Å². The second kappa shape index (κ2) is 7.05. The number of aryl methyl sites for hydroxylation is 1. The van der Waals surface area contributed by atoms with E-state index in [1.807, 2.05) is 73.7 Å². The van der Waals surface area contributed by atoms with E-state index in [4.69, 9.17) is 4.52 Å². The summed E-state index contributed by atoms with van der Waals surface area (Å²) in [5, 5.41) is 8.76. The van der Waals surface area contributed by atoms with Crippen LogP contribution in [-0.2, 0) is 16.9 Å². The van der Waals surface area contributed by atoms with Crippen LogP contribution in [0.4, 0.5) is 4.79 Å². The van der Waals surface area contributed by atoms with E-state index < -0.39 is 11.6 Å². The fraction of sp³-hybridized carbons (Fsp3) is 0.167. The number of amides is 3. The smallest absolute Gasteiger partial charge is 0.325 e. The second-order valence-corrected chi connectivity index (χ2v) is 7.85. The maximum Gasteiger partial charge on any atom is 0.325 e. The van der Waals surface area contributed by atoms with E-state index >= 15 is 0 Å². The van der Waals surface area contributed by atoms with Crippen LogP contribution in [0.2, 0.25) is 0 Å². The predicted molar refractivity (Wildman–Crippen MR) is 115 cm³/mol. The summed E-state index contributed by atoms with van der Waals surface area (Å²) in [7, 11) is 0. The molecule has 31 heavy (non-hydrogen) atoms. The number of carbonyl (C=O) groups is 2. The maximum atomic E-state index is 13.4. The molecule has 3 aromatic carbocycles. The highest BCUT2D eigenvalue weighted by Crippen LogP contribution is 2.34. The van der Waals surface area contributed by atoms with Crippen molar-refractivity contribution in [1.29, 1.82) is 0 Å². The predicted octanol–water partition coefficient (Wildman–Crippen LogP) is 4.17. The van der Waals surface area contributed by atoms with Crippen molar-refractivity contribution in [1.82, 2.24) is 20.4 Å². The minimum atomic E-state index is -1.18. The molecule has 0 spiro atoms. The number of urea groups is 1. The monoisotopic (exact) mass is 412 g/mol. The van der Waals surface area contributed by atoms with Gasteiger partial charge in [0.2, 0.25) is 11.7 Å². The Kier molecular flexibility index (Phi) is 4.32. The van der Waals surface area contributed by atoms with Gasteiger partial charge in [0.1, 0.15) is 12.1 Å². The van der Waals surface area contributed by atoms with Crippen molar-refractivity contribution >= 4 is 22.7 Å². The van der Waals surface area contributed by atoms with Gasteiger partial charge in [-0.2, -0.15) is 4.98 Å². The number of hydrogen-bond donors (Lipinski definition) is 1. The van der Waals surface area contributed by atoms with Crippen molar-refractivity contribution in [3.63, 3.8) is 0 Å². The van der Waals surface area contributed by atoms with Crippen LogP contribution in [0.5, 0.6) is 0 Å². The normalized spacial score (nSPS) is 18.6. The number of imide groups is 1. The summed E-state index contributed by atoms with van der Waals surface area (Å²) in [6.45, 7) is 3.63. The van der Waals surface area contributed by atoms with Crippen LogP contribution in [0.25, 0.3) is 22.2 Å². The summed E-state index contributed by atoms with van der Waals surface area (Å²) in [6.07, 6.45) is 0. The number of hydrogen-bond acceptors (Lipinski definition) is 5. The molecule has 0 radical (unpaired) electrons. The lowest BCUT2D eigenvalue weighted by molar-refractivity contribution is -0.131. The van der Waals surface area contributed by atoms with Gasteiger partial charge < -0.3 is 9.84 Å². The lowest BCUT2D eigenvalue weighted by Gasteiger charge is -2.23. The number of aromatic nitrogens is 2. The first-order chi connectivity index (χ1) is 15.0. The maximum absolute atomic E-state index is 13.4. The Morgan fingerprint density at radius 3 is 2.55 bits per heavy atom. The van der Waals surface area contributed by atoms with Crippen LogP contribution in [0.1, 0.15) is 23.9 Å². The lowest BCUT2D eigenvalue weighted by Crippen LogP contribution is -2.41. The molecule has 0 saturated carbocycles. The van der Waals surface area contributed by atoms with Crippen LogP contribution in [0, 0.1) is 6.92 Å². The third kappa shape index (κ3) is 3.15. The quantitative estimate of drug-likeness (QED) is 0.509. The molecule has 1 aliphatic heterocycles. The van der Waals surface area contributed by atoms with Crippen molar-refractivity contribution in [2.75, 3.05) is 0 Å². The van der Waals surface area contributed by atoms with Gasteiger partial charge in [0, 0.05) is 5.56 Å². The molecule has 0 bridgehead atoms. The first kappa shape index (κ1) is 19.0. The Balaban J connectivity index is 1.44. The number of benzene rings is 3. The molecule has 4 aromatic rings. The molecule has 7 heteroatoms. The fourth-order valence-electron chi connectivity index (χ4n) is 3.96. The zero-order chi connectivity index (χ0) is 21.6.